The van der Waals surface area contributed by atoms with Gasteiger partial charge >= 0.3 is 0 Å². The van der Waals surface area contributed by atoms with Crippen molar-refractivity contribution in [3.8, 4) is 22.9 Å². The summed E-state index contributed by atoms with van der Waals surface area (Å²) in [5, 5.41) is 44.1. The standard InChI is InChI=1S/C28H26IN5O6/c1-34(2)22-21(37)18(25(31)40)23(38)27(11-30)24(39)19-20(36)17-15(9-26(19,32)10-28(22,27)33)14(7-8-16(17)35)12-3-5-13(29)6-4-12/h3-8,22,35-36,38H,9-10,32-33H2,1-2H3,(H2,31,40)/t22-,26-,27+,28-/m1/s1. The summed E-state index contributed by atoms with van der Waals surface area (Å²) in [4.78, 5) is 41.5. The topological polar surface area (TPSA) is 217 Å². The summed E-state index contributed by atoms with van der Waals surface area (Å²) in [7, 11) is 2.94. The second kappa shape index (κ2) is 8.87. The van der Waals surface area contributed by atoms with Gasteiger partial charge in [-0.1, -0.05) is 18.2 Å². The number of ketones is 2. The van der Waals surface area contributed by atoms with Crippen molar-refractivity contribution >= 4 is 45.8 Å². The molecule has 11 nitrogen and oxygen atoms in total. The first-order chi connectivity index (χ1) is 18.7. The fourth-order valence-corrected chi connectivity index (χ4v) is 7.09. The van der Waals surface area contributed by atoms with Gasteiger partial charge in [-0.3, -0.25) is 19.3 Å². The van der Waals surface area contributed by atoms with E-state index >= 15 is 0 Å². The maximum atomic E-state index is 14.4. The van der Waals surface area contributed by atoms with E-state index in [2.05, 4.69) is 22.6 Å². The highest BCUT2D eigenvalue weighted by Gasteiger charge is 2.74. The number of carbonyl (C=O) groups is 3. The van der Waals surface area contributed by atoms with Crippen molar-refractivity contribution in [1.82, 2.24) is 4.90 Å². The first-order valence-corrected chi connectivity index (χ1v) is 13.3. The molecular weight excluding hydrogens is 629 g/mol. The van der Waals surface area contributed by atoms with Crippen LogP contribution in [-0.2, 0) is 20.8 Å². The number of hydrogen-bond donors (Lipinski definition) is 6. The van der Waals surface area contributed by atoms with E-state index in [1.54, 1.807) is 12.1 Å². The van der Waals surface area contributed by atoms with Crippen LogP contribution in [0.25, 0.3) is 16.9 Å². The lowest BCUT2D eigenvalue weighted by atomic mass is 9.47. The number of nitrogens with zero attached hydrogens (tertiary/aromatic N) is 2. The van der Waals surface area contributed by atoms with Gasteiger partial charge in [0.1, 0.15) is 22.8 Å². The Morgan fingerprint density at radius 3 is 2.27 bits per heavy atom. The summed E-state index contributed by atoms with van der Waals surface area (Å²) in [6.07, 6.45) is -0.532. The minimum Gasteiger partial charge on any atom is -0.509 e. The maximum Gasteiger partial charge on any atom is 0.255 e. The number of hydrogen-bond acceptors (Lipinski definition) is 10. The van der Waals surface area contributed by atoms with Gasteiger partial charge in [0.2, 0.25) is 0 Å². The van der Waals surface area contributed by atoms with Crippen LogP contribution in [0.5, 0.6) is 5.75 Å². The van der Waals surface area contributed by atoms with Gasteiger partial charge in [0.05, 0.1) is 34.3 Å². The summed E-state index contributed by atoms with van der Waals surface area (Å²) < 4.78 is 0.991. The molecule has 1 saturated carbocycles. The number of halogens is 1. The zero-order chi connectivity index (χ0) is 29.5. The molecule has 5 rings (SSSR count). The van der Waals surface area contributed by atoms with Gasteiger partial charge in [0.25, 0.3) is 5.91 Å². The Bertz CT molecular complexity index is 1640. The average molecular weight is 655 g/mol. The van der Waals surface area contributed by atoms with E-state index in [0.29, 0.717) is 11.1 Å². The number of nitrogens with two attached hydrogens (primary N) is 3. The molecule has 9 N–H and O–H groups in total. The highest BCUT2D eigenvalue weighted by molar-refractivity contribution is 14.1. The zero-order valence-corrected chi connectivity index (χ0v) is 23.7. The van der Waals surface area contributed by atoms with E-state index in [1.807, 2.05) is 24.3 Å². The summed E-state index contributed by atoms with van der Waals surface area (Å²) in [6, 6.07) is 10.8. The lowest BCUT2D eigenvalue weighted by Crippen LogP contribution is -2.80. The van der Waals surface area contributed by atoms with E-state index in [9.17, 15) is 35.0 Å². The predicted octanol–water partition coefficient (Wildman–Crippen LogP) is 1.18. The molecule has 12 heteroatoms. The van der Waals surface area contributed by atoms with Crippen LogP contribution in [0.2, 0.25) is 0 Å². The van der Waals surface area contributed by atoms with Gasteiger partial charge in [0.15, 0.2) is 17.0 Å². The molecule has 1 fully saturated rings. The molecule has 206 valence electrons. The molecule has 3 aliphatic rings. The fourth-order valence-electron chi connectivity index (χ4n) is 6.73. The van der Waals surface area contributed by atoms with Crippen LogP contribution in [0.1, 0.15) is 17.5 Å². The van der Waals surface area contributed by atoms with E-state index in [-0.39, 0.29) is 17.7 Å². The lowest BCUT2D eigenvalue weighted by molar-refractivity contribution is -0.139. The average Bonchev–Trinajstić information content (AvgIpc) is 2.83. The lowest BCUT2D eigenvalue weighted by Gasteiger charge is -2.58. The molecule has 2 aromatic rings. The summed E-state index contributed by atoms with van der Waals surface area (Å²) >= 11 is 2.17. The number of phenols is 1. The SMILES string of the molecule is CN(C)[C@@H]1C(=O)C(C(N)=O)=C(O)[C@@]2(C#N)C(=O)C3=C(O)c4c(O)ccc(-c5ccc(I)cc5)c4C[C@@]3(N)C[C@@]12N. The van der Waals surface area contributed by atoms with E-state index in [0.717, 1.165) is 9.13 Å². The van der Waals surface area contributed by atoms with E-state index in [1.165, 1.54) is 25.1 Å². The summed E-state index contributed by atoms with van der Waals surface area (Å²) in [5.74, 6) is -5.66. The number of fused-ring (bicyclic) bond motifs is 3. The largest absolute Gasteiger partial charge is 0.509 e. The fraction of sp³-hybridized carbons (Fsp3) is 0.286. The molecule has 40 heavy (non-hydrogen) atoms. The molecule has 0 radical (unpaired) electrons. The predicted molar refractivity (Wildman–Crippen MR) is 152 cm³/mol. The van der Waals surface area contributed by atoms with Gasteiger partial charge in [-0.15, -0.1) is 0 Å². The molecule has 1 amide bonds. The third kappa shape index (κ3) is 3.35. The molecule has 0 bridgehead atoms. The molecule has 0 spiro atoms. The van der Waals surface area contributed by atoms with E-state index < -0.39 is 69.1 Å². The molecule has 2 aromatic carbocycles. The van der Waals surface area contributed by atoms with Crippen LogP contribution < -0.4 is 17.2 Å². The van der Waals surface area contributed by atoms with Gasteiger partial charge in [-0.2, -0.15) is 5.26 Å². The van der Waals surface area contributed by atoms with Crippen molar-refractivity contribution in [2.24, 2.45) is 22.6 Å². The minimum atomic E-state index is -2.69. The van der Waals surface area contributed by atoms with Gasteiger partial charge in [-0.25, -0.2) is 0 Å². The zero-order valence-electron chi connectivity index (χ0n) is 21.5. The van der Waals surface area contributed by atoms with Gasteiger partial charge < -0.3 is 32.5 Å². The number of aromatic hydroxyl groups is 1. The molecular formula is C28H26IN5O6. The number of aliphatic hydroxyl groups is 2. The molecule has 0 aromatic heterocycles. The Morgan fingerprint density at radius 2 is 1.73 bits per heavy atom. The van der Waals surface area contributed by atoms with E-state index in [4.69, 9.17) is 17.2 Å². The number of primary amides is 1. The number of phenolic OH excluding ortho intramolecular Hbond substituents is 1. The van der Waals surface area contributed by atoms with Crippen molar-refractivity contribution in [3.63, 3.8) is 0 Å². The first kappa shape index (κ1) is 27.8. The molecule has 4 atom stereocenters. The monoisotopic (exact) mass is 655 g/mol. The minimum absolute atomic E-state index is 0.0484. The Kier molecular flexibility index (Phi) is 6.16. The van der Waals surface area contributed by atoms with Crippen molar-refractivity contribution in [2.75, 3.05) is 14.1 Å². The highest BCUT2D eigenvalue weighted by Crippen LogP contribution is 2.58. The molecule has 0 unspecified atom stereocenters. The van der Waals surface area contributed by atoms with Crippen LogP contribution in [0, 0.1) is 20.3 Å². The van der Waals surface area contributed by atoms with Crippen molar-refractivity contribution in [2.45, 2.75) is 30.0 Å². The smallest absolute Gasteiger partial charge is 0.255 e. The van der Waals surface area contributed by atoms with Crippen LogP contribution in [-0.4, -0.2) is 68.9 Å². The Hall–Kier alpha value is -3.77. The number of benzene rings is 2. The second-order valence-corrected chi connectivity index (χ2v) is 12.0. The Labute approximate surface area is 242 Å². The van der Waals surface area contributed by atoms with Crippen LogP contribution in [0.4, 0.5) is 0 Å². The van der Waals surface area contributed by atoms with Gasteiger partial charge in [0, 0.05) is 3.57 Å². The van der Waals surface area contributed by atoms with Crippen LogP contribution in [0.15, 0.2) is 53.3 Å². The third-order valence-corrected chi connectivity index (χ3v) is 9.01. The molecule has 0 aliphatic heterocycles. The van der Waals surface area contributed by atoms with Crippen molar-refractivity contribution in [3.05, 3.63) is 68.0 Å². The first-order valence-electron chi connectivity index (χ1n) is 12.2. The summed E-state index contributed by atoms with van der Waals surface area (Å²) in [6.45, 7) is 0. The Morgan fingerprint density at radius 1 is 1.10 bits per heavy atom. The number of rotatable bonds is 3. The number of Topliss-reactive ketones (excluding diaryl/α,β-unsaturated/α-hetero) is 2. The second-order valence-electron chi connectivity index (χ2n) is 10.8. The number of carbonyl (C=O) groups excluding carboxylic acids is 3. The highest BCUT2D eigenvalue weighted by atomic mass is 127. The number of nitriles is 1. The molecule has 0 saturated heterocycles. The molecule has 0 heterocycles. The van der Waals surface area contributed by atoms with Gasteiger partial charge in [-0.05, 0) is 84.4 Å². The Balaban J connectivity index is 1.86. The van der Waals surface area contributed by atoms with Crippen LogP contribution >= 0.6 is 22.6 Å². The normalized spacial score (nSPS) is 29.6. The van der Waals surface area contributed by atoms with Crippen molar-refractivity contribution < 1.29 is 29.7 Å². The maximum absolute atomic E-state index is 14.4. The quantitative estimate of drug-likeness (QED) is 0.205. The third-order valence-electron chi connectivity index (χ3n) is 8.29. The van der Waals surface area contributed by atoms with Crippen LogP contribution in [0.3, 0.4) is 0 Å². The number of amides is 1. The summed E-state index contributed by atoms with van der Waals surface area (Å²) in [5.41, 5.74) is 13.0. The van der Waals surface area contributed by atoms with Crippen molar-refractivity contribution in [1.29, 1.82) is 5.26 Å². The molecule has 3 aliphatic carbocycles. The number of aliphatic hydroxyl groups excluding tert-OH is 2. The number of likely N-dealkylation sites (N-methyl/N-ethyl adjacent to an activating group) is 1.